The first-order valence-corrected chi connectivity index (χ1v) is 8.25. The number of aromatic amines is 1. The third-order valence-electron chi connectivity index (χ3n) is 4.10. The Labute approximate surface area is 139 Å². The number of pyridine rings is 1. The van der Waals surface area contributed by atoms with Crippen molar-refractivity contribution in [2.24, 2.45) is 0 Å². The number of nitrogens with one attached hydrogen (secondary N) is 1. The summed E-state index contributed by atoms with van der Waals surface area (Å²) in [7, 11) is 0. The number of morpholine rings is 1. The molecular formula is C17H21FN4O2. The highest BCUT2D eigenvalue weighted by atomic mass is 19.1. The lowest BCUT2D eigenvalue weighted by Gasteiger charge is -2.33. The quantitative estimate of drug-likeness (QED) is 0.910. The fraction of sp³-hybridized carbons (Fsp3) is 0.471. The Kier molecular flexibility index (Phi) is 5.20. The Morgan fingerprint density at radius 2 is 2.38 bits per heavy atom. The van der Waals surface area contributed by atoms with Gasteiger partial charge in [-0.15, -0.1) is 0 Å². The van der Waals surface area contributed by atoms with Gasteiger partial charge in [-0.3, -0.25) is 14.8 Å². The highest BCUT2D eigenvalue weighted by molar-refractivity contribution is 5.60. The molecule has 1 saturated heterocycles. The summed E-state index contributed by atoms with van der Waals surface area (Å²) in [6, 6.07) is 2.82. The molecule has 3 rings (SSSR count). The zero-order chi connectivity index (χ0) is 16.9. The monoisotopic (exact) mass is 332 g/mol. The molecule has 1 unspecified atom stereocenters. The molecule has 1 fully saturated rings. The second-order valence-corrected chi connectivity index (χ2v) is 5.89. The van der Waals surface area contributed by atoms with Gasteiger partial charge >= 0.3 is 0 Å². The van der Waals surface area contributed by atoms with E-state index in [1.54, 1.807) is 0 Å². The van der Waals surface area contributed by atoms with Crippen LogP contribution in [0.5, 0.6) is 0 Å². The molecule has 0 amide bonds. The van der Waals surface area contributed by atoms with Crippen LogP contribution in [0.1, 0.15) is 26.2 Å². The van der Waals surface area contributed by atoms with Crippen LogP contribution in [0, 0.1) is 5.82 Å². The van der Waals surface area contributed by atoms with Crippen LogP contribution in [0.25, 0.3) is 11.3 Å². The molecule has 2 aromatic heterocycles. The number of aromatic nitrogens is 3. The van der Waals surface area contributed by atoms with E-state index in [2.05, 4.69) is 21.9 Å². The minimum Gasteiger partial charge on any atom is -0.375 e. The average molecular weight is 332 g/mol. The number of unbranched alkanes of at least 4 members (excludes halogenated alkanes) is 1. The van der Waals surface area contributed by atoms with Crippen molar-refractivity contribution in [2.45, 2.75) is 32.3 Å². The average Bonchev–Trinajstić information content (AvgIpc) is 2.60. The van der Waals surface area contributed by atoms with Crippen LogP contribution >= 0.6 is 0 Å². The van der Waals surface area contributed by atoms with Gasteiger partial charge in [0.25, 0.3) is 5.56 Å². The van der Waals surface area contributed by atoms with Crippen LogP contribution in [0.15, 0.2) is 29.3 Å². The molecular weight excluding hydrogens is 311 g/mol. The zero-order valence-corrected chi connectivity index (χ0v) is 13.7. The van der Waals surface area contributed by atoms with E-state index in [1.807, 2.05) is 4.90 Å². The maximum absolute atomic E-state index is 13.9. The van der Waals surface area contributed by atoms with Crippen LogP contribution in [0.3, 0.4) is 0 Å². The number of ether oxygens (including phenoxy) is 1. The summed E-state index contributed by atoms with van der Waals surface area (Å²) in [6.45, 7) is 4.05. The molecule has 6 nitrogen and oxygen atoms in total. The molecule has 128 valence electrons. The molecule has 0 radical (unpaired) electrons. The van der Waals surface area contributed by atoms with Crippen LogP contribution in [-0.2, 0) is 4.74 Å². The number of rotatable bonds is 5. The van der Waals surface area contributed by atoms with Gasteiger partial charge in [0, 0.05) is 30.9 Å². The molecule has 0 aliphatic carbocycles. The van der Waals surface area contributed by atoms with E-state index in [1.165, 1.54) is 18.3 Å². The van der Waals surface area contributed by atoms with E-state index in [0.29, 0.717) is 31.3 Å². The normalized spacial score (nSPS) is 17.9. The summed E-state index contributed by atoms with van der Waals surface area (Å²) in [5.74, 6) is -0.0390. The standard InChI is InChI=1S/C17H21FN4O2/c1-2-3-4-12-11-22(7-8-24-12)17-20-15(9-16(23)21-17)13-5-6-19-10-14(13)18/h5-6,9-10,12H,2-4,7-8,11H2,1H3,(H,20,21,23). The van der Waals surface area contributed by atoms with Crippen molar-refractivity contribution in [3.8, 4) is 11.3 Å². The number of nitrogens with zero attached hydrogens (tertiary/aromatic N) is 3. The summed E-state index contributed by atoms with van der Waals surface area (Å²) in [5, 5.41) is 0. The summed E-state index contributed by atoms with van der Waals surface area (Å²) >= 11 is 0. The SMILES string of the molecule is CCCCC1CN(c2nc(-c3ccncc3F)cc(=O)[nH]2)CCO1. The molecule has 0 saturated carbocycles. The van der Waals surface area contributed by atoms with Crippen molar-refractivity contribution < 1.29 is 9.13 Å². The lowest BCUT2D eigenvalue weighted by Crippen LogP contribution is -2.43. The van der Waals surface area contributed by atoms with Crippen LogP contribution in [0.2, 0.25) is 0 Å². The Morgan fingerprint density at radius 3 is 3.17 bits per heavy atom. The molecule has 2 aromatic rings. The molecule has 24 heavy (non-hydrogen) atoms. The smallest absolute Gasteiger partial charge is 0.252 e. The summed E-state index contributed by atoms with van der Waals surface area (Å²) in [4.78, 5) is 24.9. The van der Waals surface area contributed by atoms with Crippen LogP contribution in [0.4, 0.5) is 10.3 Å². The summed E-state index contributed by atoms with van der Waals surface area (Å²) < 4.78 is 19.7. The van der Waals surface area contributed by atoms with Crippen molar-refractivity contribution in [2.75, 3.05) is 24.6 Å². The molecule has 0 spiro atoms. The Morgan fingerprint density at radius 1 is 1.50 bits per heavy atom. The van der Waals surface area contributed by atoms with E-state index >= 15 is 0 Å². The number of anilines is 1. The van der Waals surface area contributed by atoms with Gasteiger partial charge in [0.1, 0.15) is 0 Å². The second-order valence-electron chi connectivity index (χ2n) is 5.89. The fourth-order valence-corrected chi connectivity index (χ4v) is 2.83. The third kappa shape index (κ3) is 3.79. The van der Waals surface area contributed by atoms with Crippen molar-refractivity contribution in [3.05, 3.63) is 40.7 Å². The molecule has 1 atom stereocenters. The highest BCUT2D eigenvalue weighted by Crippen LogP contribution is 2.21. The first-order valence-electron chi connectivity index (χ1n) is 8.25. The lowest BCUT2D eigenvalue weighted by molar-refractivity contribution is 0.0333. The van der Waals surface area contributed by atoms with E-state index in [4.69, 9.17) is 4.74 Å². The van der Waals surface area contributed by atoms with E-state index in [0.717, 1.165) is 25.5 Å². The van der Waals surface area contributed by atoms with Gasteiger partial charge in [-0.25, -0.2) is 9.37 Å². The maximum Gasteiger partial charge on any atom is 0.252 e. The molecule has 1 aliphatic rings. The van der Waals surface area contributed by atoms with Crippen molar-refractivity contribution in [1.29, 1.82) is 0 Å². The Bertz CT molecular complexity index is 749. The molecule has 1 aliphatic heterocycles. The summed E-state index contributed by atoms with van der Waals surface area (Å²) in [5.41, 5.74) is 0.279. The van der Waals surface area contributed by atoms with Crippen molar-refractivity contribution in [1.82, 2.24) is 15.0 Å². The number of hydrogen-bond donors (Lipinski definition) is 1. The zero-order valence-electron chi connectivity index (χ0n) is 13.7. The van der Waals surface area contributed by atoms with Gasteiger partial charge in [0.2, 0.25) is 5.95 Å². The van der Waals surface area contributed by atoms with E-state index < -0.39 is 5.82 Å². The van der Waals surface area contributed by atoms with Crippen molar-refractivity contribution >= 4 is 5.95 Å². The predicted octanol–water partition coefficient (Wildman–Crippen LogP) is 2.37. The highest BCUT2D eigenvalue weighted by Gasteiger charge is 2.22. The van der Waals surface area contributed by atoms with E-state index in [9.17, 15) is 9.18 Å². The minimum atomic E-state index is -0.496. The number of H-pyrrole nitrogens is 1. The third-order valence-corrected chi connectivity index (χ3v) is 4.10. The van der Waals surface area contributed by atoms with Gasteiger partial charge in [0.15, 0.2) is 5.82 Å². The topological polar surface area (TPSA) is 71.1 Å². The minimum absolute atomic E-state index is 0.130. The first kappa shape index (κ1) is 16.6. The van der Waals surface area contributed by atoms with Gasteiger partial charge in [-0.1, -0.05) is 19.8 Å². The fourth-order valence-electron chi connectivity index (χ4n) is 2.83. The van der Waals surface area contributed by atoms with Crippen LogP contribution < -0.4 is 10.5 Å². The van der Waals surface area contributed by atoms with Crippen LogP contribution in [-0.4, -0.2) is 40.8 Å². The number of halogens is 1. The van der Waals surface area contributed by atoms with Gasteiger partial charge in [-0.05, 0) is 12.5 Å². The van der Waals surface area contributed by atoms with Crippen molar-refractivity contribution in [3.63, 3.8) is 0 Å². The van der Waals surface area contributed by atoms with E-state index in [-0.39, 0.29) is 17.2 Å². The number of hydrogen-bond acceptors (Lipinski definition) is 5. The Balaban J connectivity index is 1.86. The summed E-state index contributed by atoms with van der Waals surface area (Å²) in [6.07, 6.45) is 5.93. The predicted molar refractivity (Wildman–Crippen MR) is 89.5 cm³/mol. The van der Waals surface area contributed by atoms with Gasteiger partial charge < -0.3 is 9.64 Å². The molecule has 3 heterocycles. The lowest BCUT2D eigenvalue weighted by atomic mass is 10.1. The van der Waals surface area contributed by atoms with Gasteiger partial charge in [-0.2, -0.15) is 0 Å². The largest absolute Gasteiger partial charge is 0.375 e. The molecule has 0 aromatic carbocycles. The van der Waals surface area contributed by atoms with Gasteiger partial charge in [0.05, 0.1) is 24.6 Å². The second kappa shape index (κ2) is 7.53. The molecule has 7 heteroatoms. The molecule has 1 N–H and O–H groups in total. The molecule has 0 bridgehead atoms. The maximum atomic E-state index is 13.9. The Hall–Kier alpha value is -2.28. The first-order chi connectivity index (χ1) is 11.7.